The van der Waals surface area contributed by atoms with Crippen molar-refractivity contribution in [1.82, 2.24) is 9.80 Å². The van der Waals surface area contributed by atoms with Crippen LogP contribution < -0.4 is 4.74 Å². The van der Waals surface area contributed by atoms with Crippen molar-refractivity contribution in [1.29, 1.82) is 0 Å². The van der Waals surface area contributed by atoms with Gasteiger partial charge in [0.2, 0.25) is 5.91 Å². The molecule has 0 aliphatic carbocycles. The van der Waals surface area contributed by atoms with Gasteiger partial charge in [0.15, 0.2) is 0 Å². The number of carbonyl (C=O) groups is 2. The molecule has 0 unspecified atom stereocenters. The molecule has 0 N–H and O–H groups in total. The molecule has 0 atom stereocenters. The first kappa shape index (κ1) is 26.5. The van der Waals surface area contributed by atoms with Gasteiger partial charge in [0.1, 0.15) is 5.75 Å². The van der Waals surface area contributed by atoms with Crippen LogP contribution in [0.4, 0.5) is 0 Å². The van der Waals surface area contributed by atoms with Gasteiger partial charge >= 0.3 is 0 Å². The van der Waals surface area contributed by atoms with Crippen molar-refractivity contribution in [3.8, 4) is 5.75 Å². The molecular weight excluding hydrogens is 476 g/mol. The molecule has 2 amide bonds. The second-order valence-electron chi connectivity index (χ2n) is 10.1. The van der Waals surface area contributed by atoms with Crippen LogP contribution in [0, 0.1) is 5.41 Å². The fourth-order valence-corrected chi connectivity index (χ4v) is 5.20. The first-order valence-corrected chi connectivity index (χ1v) is 13.4. The number of likely N-dealkylation sites (N-methyl/N-ethyl adjacent to an activating group) is 1. The van der Waals surface area contributed by atoms with Crippen LogP contribution in [0.15, 0.2) is 48.5 Å². The van der Waals surface area contributed by atoms with Crippen LogP contribution in [0.1, 0.15) is 54.4 Å². The number of benzene rings is 2. The van der Waals surface area contributed by atoms with E-state index in [1.54, 1.807) is 11.9 Å². The Kier molecular flexibility index (Phi) is 9.27. The second kappa shape index (κ2) is 12.6. The smallest absolute Gasteiger partial charge is 0.257 e. The number of halogens is 1. The molecule has 0 radical (unpaired) electrons. The summed E-state index contributed by atoms with van der Waals surface area (Å²) < 4.78 is 12.2. The van der Waals surface area contributed by atoms with E-state index in [0.717, 1.165) is 57.2 Å². The zero-order chi connectivity index (χ0) is 25.4. The van der Waals surface area contributed by atoms with Crippen LogP contribution in [-0.2, 0) is 16.0 Å². The monoisotopic (exact) mass is 512 g/mol. The van der Waals surface area contributed by atoms with Crippen molar-refractivity contribution >= 4 is 23.4 Å². The number of likely N-dealkylation sites (tertiary alicyclic amines) is 1. The Hall–Kier alpha value is -2.57. The molecule has 36 heavy (non-hydrogen) atoms. The van der Waals surface area contributed by atoms with E-state index < -0.39 is 0 Å². The number of piperidine rings is 1. The summed E-state index contributed by atoms with van der Waals surface area (Å²) in [6, 6.07) is 15.2. The van der Waals surface area contributed by atoms with E-state index in [-0.39, 0.29) is 17.2 Å². The summed E-state index contributed by atoms with van der Waals surface area (Å²) in [6.45, 7) is 3.81. The number of ether oxygens (including phenoxy) is 2. The Morgan fingerprint density at radius 3 is 2.50 bits per heavy atom. The maximum atomic E-state index is 13.0. The van der Waals surface area contributed by atoms with Crippen LogP contribution in [0.25, 0.3) is 0 Å². The van der Waals surface area contributed by atoms with E-state index in [1.807, 2.05) is 53.4 Å². The summed E-state index contributed by atoms with van der Waals surface area (Å²) in [5.41, 5.74) is 1.70. The molecule has 7 heteroatoms. The molecule has 194 valence electrons. The Morgan fingerprint density at radius 1 is 0.972 bits per heavy atom. The van der Waals surface area contributed by atoms with Crippen molar-refractivity contribution in [2.75, 3.05) is 46.5 Å². The Morgan fingerprint density at radius 2 is 1.72 bits per heavy atom. The lowest BCUT2D eigenvalue weighted by molar-refractivity contribution is -0.134. The SMILES string of the molecule is CN1CCOCCCCC2(CCN(C(=O)CCc3ccc(Cl)cc3)CC2)COc2ccccc2C1=O. The van der Waals surface area contributed by atoms with Crippen molar-refractivity contribution in [2.24, 2.45) is 5.41 Å². The summed E-state index contributed by atoms with van der Waals surface area (Å²) in [5, 5.41) is 0.711. The molecule has 4 rings (SSSR count). The highest BCUT2D eigenvalue weighted by Crippen LogP contribution is 2.38. The highest BCUT2D eigenvalue weighted by molar-refractivity contribution is 6.30. The summed E-state index contributed by atoms with van der Waals surface area (Å²) >= 11 is 5.97. The van der Waals surface area contributed by atoms with Gasteiger partial charge in [0.25, 0.3) is 5.91 Å². The van der Waals surface area contributed by atoms with Gasteiger partial charge in [-0.2, -0.15) is 0 Å². The minimum atomic E-state index is -0.0542. The molecule has 2 aromatic carbocycles. The molecule has 2 aliphatic rings. The summed E-state index contributed by atoms with van der Waals surface area (Å²) in [6.07, 6.45) is 6.10. The lowest BCUT2D eigenvalue weighted by Crippen LogP contribution is -2.45. The average Bonchev–Trinajstić information content (AvgIpc) is 2.90. The van der Waals surface area contributed by atoms with E-state index >= 15 is 0 Å². The third-order valence-electron chi connectivity index (χ3n) is 7.53. The van der Waals surface area contributed by atoms with E-state index in [1.165, 1.54) is 0 Å². The van der Waals surface area contributed by atoms with Crippen LogP contribution in [-0.4, -0.2) is 68.1 Å². The van der Waals surface area contributed by atoms with E-state index in [0.29, 0.717) is 49.1 Å². The highest BCUT2D eigenvalue weighted by atomic mass is 35.5. The van der Waals surface area contributed by atoms with Crippen LogP contribution in [0.2, 0.25) is 5.02 Å². The quantitative estimate of drug-likeness (QED) is 0.565. The number of rotatable bonds is 3. The van der Waals surface area contributed by atoms with Gasteiger partial charge < -0.3 is 19.3 Å². The van der Waals surface area contributed by atoms with Gasteiger partial charge in [0.05, 0.1) is 18.8 Å². The standard InChI is InChI=1S/C29H37ClN2O4/c1-31-19-21-35-20-5-4-14-29(22-36-26-7-3-2-6-25(26)28(31)34)15-17-32(18-16-29)27(33)13-10-23-8-11-24(30)12-9-23/h2-3,6-9,11-12H,4-5,10,13-22H2,1H3. The average molecular weight is 513 g/mol. The minimum Gasteiger partial charge on any atom is -0.492 e. The van der Waals surface area contributed by atoms with Crippen molar-refractivity contribution in [3.05, 3.63) is 64.7 Å². The number of amides is 2. The van der Waals surface area contributed by atoms with E-state index in [2.05, 4.69) is 0 Å². The number of hydrogen-bond donors (Lipinski definition) is 0. The lowest BCUT2D eigenvalue weighted by atomic mass is 9.75. The zero-order valence-electron chi connectivity index (χ0n) is 21.2. The molecule has 2 aromatic rings. The second-order valence-corrected chi connectivity index (χ2v) is 10.5. The molecule has 0 saturated carbocycles. The third-order valence-corrected chi connectivity index (χ3v) is 7.78. The number of carbonyl (C=O) groups excluding carboxylic acids is 2. The number of para-hydroxylation sites is 1. The number of fused-ring (bicyclic) bond motifs is 1. The molecule has 1 fully saturated rings. The van der Waals surface area contributed by atoms with Gasteiger partial charge in [-0.25, -0.2) is 0 Å². The molecule has 2 aliphatic heterocycles. The molecule has 2 heterocycles. The number of aryl methyl sites for hydroxylation is 1. The van der Waals surface area contributed by atoms with Crippen LogP contribution in [0.5, 0.6) is 5.75 Å². The zero-order valence-corrected chi connectivity index (χ0v) is 22.0. The Labute approximate surface area is 219 Å². The predicted molar refractivity (Wildman–Crippen MR) is 142 cm³/mol. The molecule has 6 nitrogen and oxygen atoms in total. The predicted octanol–water partition coefficient (Wildman–Crippen LogP) is 5.23. The molecular formula is C29H37ClN2O4. The lowest BCUT2D eigenvalue weighted by Gasteiger charge is -2.42. The van der Waals surface area contributed by atoms with Gasteiger partial charge in [0, 0.05) is 50.1 Å². The minimum absolute atomic E-state index is 0.0147. The fourth-order valence-electron chi connectivity index (χ4n) is 5.07. The number of nitrogens with zero attached hydrogens (tertiary/aromatic N) is 2. The summed E-state index contributed by atoms with van der Waals surface area (Å²) in [4.78, 5) is 29.6. The Balaban J connectivity index is 1.40. The van der Waals surface area contributed by atoms with Crippen molar-refractivity contribution in [2.45, 2.75) is 44.9 Å². The van der Waals surface area contributed by atoms with Gasteiger partial charge in [-0.05, 0) is 61.9 Å². The maximum Gasteiger partial charge on any atom is 0.257 e. The van der Waals surface area contributed by atoms with Gasteiger partial charge in [-0.3, -0.25) is 9.59 Å². The van der Waals surface area contributed by atoms with Gasteiger partial charge in [-0.15, -0.1) is 0 Å². The fraction of sp³-hybridized carbons (Fsp3) is 0.517. The van der Waals surface area contributed by atoms with Crippen molar-refractivity contribution < 1.29 is 19.1 Å². The third kappa shape index (κ3) is 7.01. The van der Waals surface area contributed by atoms with Gasteiger partial charge in [-0.1, -0.05) is 42.3 Å². The summed E-state index contributed by atoms with van der Waals surface area (Å²) in [7, 11) is 1.80. The Bertz CT molecular complexity index is 1020. The molecule has 1 spiro atoms. The largest absolute Gasteiger partial charge is 0.492 e. The maximum absolute atomic E-state index is 13.0. The van der Waals surface area contributed by atoms with E-state index in [4.69, 9.17) is 21.1 Å². The normalized spacial score (nSPS) is 19.3. The van der Waals surface area contributed by atoms with Crippen LogP contribution in [0.3, 0.4) is 0 Å². The van der Waals surface area contributed by atoms with Crippen LogP contribution >= 0.6 is 11.6 Å². The topological polar surface area (TPSA) is 59.1 Å². The molecule has 1 saturated heterocycles. The summed E-state index contributed by atoms with van der Waals surface area (Å²) in [5.74, 6) is 0.781. The van der Waals surface area contributed by atoms with E-state index in [9.17, 15) is 9.59 Å². The first-order chi connectivity index (χ1) is 17.5. The first-order valence-electron chi connectivity index (χ1n) is 13.0. The highest BCUT2D eigenvalue weighted by Gasteiger charge is 2.36. The number of hydrogen-bond acceptors (Lipinski definition) is 4. The van der Waals surface area contributed by atoms with Crippen molar-refractivity contribution in [3.63, 3.8) is 0 Å². The molecule has 0 aromatic heterocycles. The molecule has 0 bridgehead atoms.